The number of aryl methyl sites for hydroxylation is 1. The van der Waals surface area contributed by atoms with E-state index < -0.39 is 10.8 Å². The largest absolute Gasteiger partial charge is 0.322 e. The third kappa shape index (κ3) is 3.14. The van der Waals surface area contributed by atoms with Crippen molar-refractivity contribution >= 4 is 17.3 Å². The highest BCUT2D eigenvalue weighted by Gasteiger charge is 2.18. The minimum atomic E-state index is -0.515. The van der Waals surface area contributed by atoms with Crippen LogP contribution in [0, 0.1) is 17.0 Å². The lowest BCUT2D eigenvalue weighted by molar-refractivity contribution is -0.384. The minimum Gasteiger partial charge on any atom is -0.322 e. The molecule has 0 bridgehead atoms. The van der Waals surface area contributed by atoms with Gasteiger partial charge in [-0.3, -0.25) is 14.9 Å². The maximum absolute atomic E-state index is 12.3. The van der Waals surface area contributed by atoms with Crippen molar-refractivity contribution in [2.45, 2.75) is 6.92 Å². The molecule has 1 amide bonds. The average Bonchev–Trinajstić information content (AvgIpc) is 3.08. The maximum atomic E-state index is 12.3. The van der Waals surface area contributed by atoms with Gasteiger partial charge in [0, 0.05) is 29.7 Å². The van der Waals surface area contributed by atoms with Gasteiger partial charge in [-0.25, -0.2) is 4.98 Å². The molecule has 3 aromatic rings. The molecule has 7 nitrogen and oxygen atoms in total. The number of aromatic nitrogens is 2. The first-order valence-electron chi connectivity index (χ1n) is 7.19. The summed E-state index contributed by atoms with van der Waals surface area (Å²) in [6.07, 6.45) is 4.60. The number of imidazole rings is 1. The molecule has 0 aliphatic rings. The Morgan fingerprint density at radius 1 is 1.25 bits per heavy atom. The van der Waals surface area contributed by atoms with Crippen molar-refractivity contribution in [2.24, 2.45) is 0 Å². The zero-order valence-corrected chi connectivity index (χ0v) is 12.8. The molecule has 1 heterocycles. The summed E-state index contributed by atoms with van der Waals surface area (Å²) in [5.74, 6) is -0.402. The standard InChI is InChI=1S/C17H14N4O3/c1-12-3-2-4-14(9-12)19-17(22)13-5-6-15(16(10-13)21(23)24)20-8-7-18-11-20/h2-11H,1H3,(H,19,22). The highest BCUT2D eigenvalue weighted by molar-refractivity contribution is 6.05. The smallest absolute Gasteiger partial charge is 0.294 e. The summed E-state index contributed by atoms with van der Waals surface area (Å²) in [5.41, 5.74) is 2.05. The number of nitro groups is 1. The second kappa shape index (κ2) is 6.33. The van der Waals surface area contributed by atoms with Gasteiger partial charge >= 0.3 is 0 Å². The van der Waals surface area contributed by atoms with E-state index in [1.807, 2.05) is 25.1 Å². The fraction of sp³-hybridized carbons (Fsp3) is 0.0588. The van der Waals surface area contributed by atoms with Gasteiger partial charge in [0.1, 0.15) is 5.69 Å². The van der Waals surface area contributed by atoms with Crippen LogP contribution in [0.5, 0.6) is 0 Å². The molecule has 0 saturated heterocycles. The summed E-state index contributed by atoms with van der Waals surface area (Å²) in [6, 6.07) is 11.7. The SMILES string of the molecule is Cc1cccc(NC(=O)c2ccc(-n3ccnc3)c([N+](=O)[O-])c2)c1. The molecule has 0 aliphatic heterocycles. The van der Waals surface area contributed by atoms with E-state index in [0.29, 0.717) is 11.4 Å². The molecule has 24 heavy (non-hydrogen) atoms. The van der Waals surface area contributed by atoms with Crippen molar-refractivity contribution in [3.63, 3.8) is 0 Å². The second-order valence-corrected chi connectivity index (χ2v) is 5.25. The van der Waals surface area contributed by atoms with E-state index in [1.54, 1.807) is 18.3 Å². The van der Waals surface area contributed by atoms with Gasteiger partial charge in [-0.1, -0.05) is 12.1 Å². The molecule has 2 aromatic carbocycles. The zero-order chi connectivity index (χ0) is 17.1. The van der Waals surface area contributed by atoms with Crippen LogP contribution in [0.1, 0.15) is 15.9 Å². The lowest BCUT2D eigenvalue weighted by atomic mass is 10.1. The van der Waals surface area contributed by atoms with Gasteiger partial charge in [-0.15, -0.1) is 0 Å². The van der Waals surface area contributed by atoms with Crippen molar-refractivity contribution in [3.05, 3.63) is 82.4 Å². The number of rotatable bonds is 4. The minimum absolute atomic E-state index is 0.162. The van der Waals surface area contributed by atoms with Crippen LogP contribution in [-0.4, -0.2) is 20.4 Å². The lowest BCUT2D eigenvalue weighted by Crippen LogP contribution is -2.12. The number of carbonyl (C=O) groups excluding carboxylic acids is 1. The highest BCUT2D eigenvalue weighted by atomic mass is 16.6. The van der Waals surface area contributed by atoms with Crippen molar-refractivity contribution in [1.82, 2.24) is 9.55 Å². The van der Waals surface area contributed by atoms with Gasteiger partial charge in [0.25, 0.3) is 11.6 Å². The molecule has 0 radical (unpaired) electrons. The van der Waals surface area contributed by atoms with Crippen molar-refractivity contribution < 1.29 is 9.72 Å². The van der Waals surface area contributed by atoms with E-state index in [2.05, 4.69) is 10.3 Å². The topological polar surface area (TPSA) is 90.1 Å². The first-order valence-corrected chi connectivity index (χ1v) is 7.19. The molecule has 3 rings (SSSR count). The van der Waals surface area contributed by atoms with E-state index in [9.17, 15) is 14.9 Å². The van der Waals surface area contributed by atoms with E-state index in [0.717, 1.165) is 5.56 Å². The average molecular weight is 322 g/mol. The summed E-state index contributed by atoms with van der Waals surface area (Å²) in [6.45, 7) is 1.92. The second-order valence-electron chi connectivity index (χ2n) is 5.25. The van der Waals surface area contributed by atoms with Crippen LogP contribution < -0.4 is 5.32 Å². The molecule has 120 valence electrons. The van der Waals surface area contributed by atoms with E-state index in [4.69, 9.17) is 0 Å². The van der Waals surface area contributed by atoms with Crippen LogP contribution in [0.15, 0.2) is 61.2 Å². The van der Waals surface area contributed by atoms with Crippen molar-refractivity contribution in [3.8, 4) is 5.69 Å². The van der Waals surface area contributed by atoms with Gasteiger partial charge in [0.15, 0.2) is 0 Å². The molecule has 1 aromatic heterocycles. The number of hydrogen-bond acceptors (Lipinski definition) is 4. The van der Waals surface area contributed by atoms with Crippen molar-refractivity contribution in [2.75, 3.05) is 5.32 Å². The number of amides is 1. The normalized spacial score (nSPS) is 10.4. The number of nitrogens with zero attached hydrogens (tertiary/aromatic N) is 3. The van der Waals surface area contributed by atoms with Gasteiger partial charge in [0.2, 0.25) is 0 Å². The Hall–Kier alpha value is -3.48. The first-order chi connectivity index (χ1) is 11.5. The van der Waals surface area contributed by atoms with Gasteiger partial charge in [0.05, 0.1) is 11.3 Å². The monoisotopic (exact) mass is 322 g/mol. The summed E-state index contributed by atoms with van der Waals surface area (Å²) in [5, 5.41) is 14.1. The quantitative estimate of drug-likeness (QED) is 0.589. The number of hydrogen-bond donors (Lipinski definition) is 1. The molecule has 0 atom stereocenters. The van der Waals surface area contributed by atoms with E-state index >= 15 is 0 Å². The molecule has 1 N–H and O–H groups in total. The fourth-order valence-corrected chi connectivity index (χ4v) is 2.36. The van der Waals surface area contributed by atoms with Crippen LogP contribution in [0.4, 0.5) is 11.4 Å². The van der Waals surface area contributed by atoms with E-state index in [-0.39, 0.29) is 11.3 Å². The summed E-state index contributed by atoms with van der Waals surface area (Å²) < 4.78 is 1.53. The Labute approximate surface area is 137 Å². The molecular weight excluding hydrogens is 308 g/mol. The zero-order valence-electron chi connectivity index (χ0n) is 12.8. The molecule has 0 aliphatic carbocycles. The Balaban J connectivity index is 1.93. The molecule has 0 saturated carbocycles. The maximum Gasteiger partial charge on any atom is 0.294 e. The molecule has 7 heteroatoms. The Bertz CT molecular complexity index is 904. The predicted octanol–water partition coefficient (Wildman–Crippen LogP) is 3.34. The molecular formula is C17H14N4O3. The van der Waals surface area contributed by atoms with Crippen LogP contribution in [0.25, 0.3) is 5.69 Å². The van der Waals surface area contributed by atoms with Crippen LogP contribution in [-0.2, 0) is 0 Å². The predicted molar refractivity (Wildman–Crippen MR) is 89.4 cm³/mol. The molecule has 0 fully saturated rings. The Morgan fingerprint density at radius 3 is 2.75 bits per heavy atom. The third-order valence-electron chi connectivity index (χ3n) is 3.49. The number of carbonyl (C=O) groups is 1. The highest BCUT2D eigenvalue weighted by Crippen LogP contribution is 2.24. The number of anilines is 1. The third-order valence-corrected chi connectivity index (χ3v) is 3.49. The molecule has 0 spiro atoms. The van der Waals surface area contributed by atoms with Crippen LogP contribution >= 0.6 is 0 Å². The first kappa shape index (κ1) is 15.4. The van der Waals surface area contributed by atoms with Gasteiger partial charge in [-0.2, -0.15) is 0 Å². The van der Waals surface area contributed by atoms with Crippen molar-refractivity contribution in [1.29, 1.82) is 0 Å². The Morgan fingerprint density at radius 2 is 2.08 bits per heavy atom. The lowest BCUT2D eigenvalue weighted by Gasteiger charge is -2.08. The fourth-order valence-electron chi connectivity index (χ4n) is 2.36. The summed E-state index contributed by atoms with van der Waals surface area (Å²) in [7, 11) is 0. The Kier molecular flexibility index (Phi) is 4.07. The summed E-state index contributed by atoms with van der Waals surface area (Å²) >= 11 is 0. The molecule has 0 unspecified atom stereocenters. The van der Waals surface area contributed by atoms with Crippen LogP contribution in [0.3, 0.4) is 0 Å². The van der Waals surface area contributed by atoms with E-state index in [1.165, 1.54) is 29.2 Å². The number of benzene rings is 2. The summed E-state index contributed by atoms with van der Waals surface area (Å²) in [4.78, 5) is 27.0. The van der Waals surface area contributed by atoms with Gasteiger partial charge < -0.3 is 9.88 Å². The van der Waals surface area contributed by atoms with Gasteiger partial charge in [-0.05, 0) is 36.8 Å². The number of nitrogens with one attached hydrogen (secondary N) is 1. The number of nitro benzene ring substituents is 1. The van der Waals surface area contributed by atoms with Crippen LogP contribution in [0.2, 0.25) is 0 Å².